The first-order valence-corrected chi connectivity index (χ1v) is 4.08. The van der Waals surface area contributed by atoms with Crippen molar-refractivity contribution in [1.82, 2.24) is 0 Å². The molecule has 0 aliphatic rings. The van der Waals surface area contributed by atoms with Gasteiger partial charge in [0.2, 0.25) is 0 Å². The van der Waals surface area contributed by atoms with E-state index in [4.69, 9.17) is 5.73 Å². The lowest BCUT2D eigenvalue weighted by molar-refractivity contribution is 0.308. The average Bonchev–Trinajstić information content (AvgIpc) is 2.04. The number of benzene rings is 1. The molecule has 2 atom stereocenters. The Morgan fingerprint density at radius 3 is 2.42 bits per heavy atom. The van der Waals surface area contributed by atoms with Crippen LogP contribution in [-0.4, -0.2) is 6.17 Å². The molecule has 2 N–H and O–H groups in total. The SMILES string of the molecule is Cc1ccccc1C(N)C(C)F. The molecule has 0 aliphatic carbocycles. The van der Waals surface area contributed by atoms with Crippen LogP contribution >= 0.6 is 0 Å². The molecule has 0 aliphatic heterocycles. The van der Waals surface area contributed by atoms with Crippen molar-refractivity contribution >= 4 is 0 Å². The number of hydrogen-bond acceptors (Lipinski definition) is 1. The van der Waals surface area contributed by atoms with Gasteiger partial charge in [0.05, 0.1) is 6.04 Å². The van der Waals surface area contributed by atoms with Crippen molar-refractivity contribution in [3.05, 3.63) is 35.4 Å². The predicted molar refractivity (Wildman–Crippen MR) is 48.7 cm³/mol. The minimum atomic E-state index is -0.994. The molecule has 0 spiro atoms. The Hall–Kier alpha value is -0.890. The van der Waals surface area contributed by atoms with Gasteiger partial charge in [-0.05, 0) is 25.0 Å². The molecular formula is C10H14FN. The summed E-state index contributed by atoms with van der Waals surface area (Å²) in [6.45, 7) is 3.43. The van der Waals surface area contributed by atoms with Crippen molar-refractivity contribution in [3.63, 3.8) is 0 Å². The van der Waals surface area contributed by atoms with Crippen LogP contribution in [0.5, 0.6) is 0 Å². The summed E-state index contributed by atoms with van der Waals surface area (Å²) in [5.74, 6) is 0. The van der Waals surface area contributed by atoms with E-state index in [0.29, 0.717) is 0 Å². The van der Waals surface area contributed by atoms with E-state index < -0.39 is 12.2 Å². The molecule has 0 aromatic heterocycles. The second kappa shape index (κ2) is 3.68. The molecule has 0 fully saturated rings. The van der Waals surface area contributed by atoms with Crippen LogP contribution in [0.3, 0.4) is 0 Å². The quantitative estimate of drug-likeness (QED) is 0.719. The highest BCUT2D eigenvalue weighted by Crippen LogP contribution is 2.19. The van der Waals surface area contributed by atoms with Gasteiger partial charge in [-0.15, -0.1) is 0 Å². The Balaban J connectivity index is 2.94. The first-order chi connectivity index (χ1) is 5.63. The van der Waals surface area contributed by atoms with Crippen LogP contribution in [0.25, 0.3) is 0 Å². The average molecular weight is 167 g/mol. The fourth-order valence-corrected chi connectivity index (χ4v) is 1.21. The zero-order chi connectivity index (χ0) is 9.14. The molecular weight excluding hydrogens is 153 g/mol. The second-order valence-electron chi connectivity index (χ2n) is 3.06. The van der Waals surface area contributed by atoms with E-state index in [-0.39, 0.29) is 0 Å². The third-order valence-electron chi connectivity index (χ3n) is 2.04. The third kappa shape index (κ3) is 1.83. The summed E-state index contributed by atoms with van der Waals surface area (Å²) in [5, 5.41) is 0. The molecule has 66 valence electrons. The predicted octanol–water partition coefficient (Wildman–Crippen LogP) is 2.35. The van der Waals surface area contributed by atoms with Gasteiger partial charge in [0, 0.05) is 0 Å². The molecule has 0 heterocycles. The Morgan fingerprint density at radius 2 is 1.92 bits per heavy atom. The summed E-state index contributed by atoms with van der Waals surface area (Å²) < 4.78 is 12.8. The first kappa shape index (κ1) is 9.20. The third-order valence-corrected chi connectivity index (χ3v) is 2.04. The van der Waals surface area contributed by atoms with E-state index in [9.17, 15) is 4.39 Å². The number of alkyl halides is 1. The normalized spacial score (nSPS) is 15.7. The number of hydrogen-bond donors (Lipinski definition) is 1. The summed E-state index contributed by atoms with van der Waals surface area (Å²) in [7, 11) is 0. The van der Waals surface area contributed by atoms with E-state index in [1.165, 1.54) is 6.92 Å². The van der Waals surface area contributed by atoms with Crippen LogP contribution in [0.4, 0.5) is 4.39 Å². The maximum atomic E-state index is 12.8. The van der Waals surface area contributed by atoms with Gasteiger partial charge < -0.3 is 5.73 Å². The van der Waals surface area contributed by atoms with Crippen LogP contribution in [-0.2, 0) is 0 Å². The smallest absolute Gasteiger partial charge is 0.116 e. The number of halogens is 1. The maximum Gasteiger partial charge on any atom is 0.116 e. The molecule has 2 heteroatoms. The minimum Gasteiger partial charge on any atom is -0.322 e. The lowest BCUT2D eigenvalue weighted by atomic mass is 9.99. The molecule has 0 saturated carbocycles. The van der Waals surface area contributed by atoms with Gasteiger partial charge in [0.25, 0.3) is 0 Å². The molecule has 0 radical (unpaired) electrons. The van der Waals surface area contributed by atoms with Crippen LogP contribution in [0.1, 0.15) is 24.1 Å². The van der Waals surface area contributed by atoms with E-state index in [0.717, 1.165) is 11.1 Å². The lowest BCUT2D eigenvalue weighted by Crippen LogP contribution is -2.20. The van der Waals surface area contributed by atoms with Crippen molar-refractivity contribution in [2.24, 2.45) is 5.73 Å². The van der Waals surface area contributed by atoms with Gasteiger partial charge in [0.1, 0.15) is 6.17 Å². The monoisotopic (exact) mass is 167 g/mol. The molecule has 0 saturated heterocycles. The highest BCUT2D eigenvalue weighted by molar-refractivity contribution is 5.28. The lowest BCUT2D eigenvalue weighted by Gasteiger charge is -2.15. The molecule has 1 aromatic carbocycles. The summed E-state index contributed by atoms with van der Waals surface area (Å²) in [5.41, 5.74) is 7.61. The summed E-state index contributed by atoms with van der Waals surface area (Å²) >= 11 is 0. The fraction of sp³-hybridized carbons (Fsp3) is 0.400. The zero-order valence-electron chi connectivity index (χ0n) is 7.42. The topological polar surface area (TPSA) is 26.0 Å². The molecule has 1 nitrogen and oxygen atoms in total. The van der Waals surface area contributed by atoms with Crippen LogP contribution in [0.15, 0.2) is 24.3 Å². The molecule has 12 heavy (non-hydrogen) atoms. The fourth-order valence-electron chi connectivity index (χ4n) is 1.21. The minimum absolute atomic E-state index is 0.494. The summed E-state index contributed by atoms with van der Waals surface area (Å²) in [6.07, 6.45) is -0.994. The van der Waals surface area contributed by atoms with Gasteiger partial charge in [-0.2, -0.15) is 0 Å². The Labute approximate surface area is 72.4 Å². The summed E-state index contributed by atoms with van der Waals surface area (Å²) in [4.78, 5) is 0. The van der Waals surface area contributed by atoms with E-state index in [2.05, 4.69) is 0 Å². The van der Waals surface area contributed by atoms with Crippen LogP contribution < -0.4 is 5.73 Å². The Morgan fingerprint density at radius 1 is 1.33 bits per heavy atom. The van der Waals surface area contributed by atoms with Gasteiger partial charge in [-0.25, -0.2) is 4.39 Å². The Bertz CT molecular complexity index is 258. The van der Waals surface area contributed by atoms with Crippen molar-refractivity contribution in [1.29, 1.82) is 0 Å². The van der Waals surface area contributed by atoms with Crippen molar-refractivity contribution in [3.8, 4) is 0 Å². The standard InChI is InChI=1S/C10H14FN/c1-7-5-3-4-6-9(7)10(12)8(2)11/h3-6,8,10H,12H2,1-2H3. The molecule has 1 aromatic rings. The number of aryl methyl sites for hydroxylation is 1. The maximum absolute atomic E-state index is 12.8. The molecule has 0 bridgehead atoms. The highest BCUT2D eigenvalue weighted by atomic mass is 19.1. The van der Waals surface area contributed by atoms with Crippen LogP contribution in [0.2, 0.25) is 0 Å². The van der Waals surface area contributed by atoms with Crippen molar-refractivity contribution < 1.29 is 4.39 Å². The van der Waals surface area contributed by atoms with Gasteiger partial charge in [-0.1, -0.05) is 24.3 Å². The van der Waals surface area contributed by atoms with E-state index in [1.54, 1.807) is 0 Å². The van der Waals surface area contributed by atoms with Gasteiger partial charge in [0.15, 0.2) is 0 Å². The van der Waals surface area contributed by atoms with Gasteiger partial charge in [-0.3, -0.25) is 0 Å². The van der Waals surface area contributed by atoms with Crippen molar-refractivity contribution in [2.75, 3.05) is 0 Å². The second-order valence-corrected chi connectivity index (χ2v) is 3.06. The van der Waals surface area contributed by atoms with E-state index >= 15 is 0 Å². The van der Waals surface area contributed by atoms with Gasteiger partial charge >= 0.3 is 0 Å². The zero-order valence-corrected chi connectivity index (χ0v) is 7.42. The number of nitrogens with two attached hydrogens (primary N) is 1. The molecule has 2 unspecified atom stereocenters. The largest absolute Gasteiger partial charge is 0.322 e. The summed E-state index contributed by atoms with van der Waals surface area (Å²) in [6, 6.07) is 7.12. The first-order valence-electron chi connectivity index (χ1n) is 4.08. The van der Waals surface area contributed by atoms with Crippen molar-refractivity contribution in [2.45, 2.75) is 26.1 Å². The van der Waals surface area contributed by atoms with Crippen LogP contribution in [0, 0.1) is 6.92 Å². The Kier molecular flexibility index (Phi) is 2.82. The number of rotatable bonds is 2. The highest BCUT2D eigenvalue weighted by Gasteiger charge is 2.14. The van der Waals surface area contributed by atoms with E-state index in [1.807, 2.05) is 31.2 Å². The molecule has 0 amide bonds. The molecule has 1 rings (SSSR count).